The van der Waals surface area contributed by atoms with Crippen molar-refractivity contribution in [1.82, 2.24) is 15.6 Å². The van der Waals surface area contributed by atoms with Crippen molar-refractivity contribution in [2.45, 2.75) is 20.3 Å². The predicted molar refractivity (Wildman–Crippen MR) is 110 cm³/mol. The first-order valence-corrected chi connectivity index (χ1v) is 9.41. The Kier molecular flexibility index (Phi) is 6.23. The number of aromatic nitrogens is 2. The number of aryl methyl sites for hydroxylation is 2. The molecule has 2 amide bonds. The number of hydrogen-bond donors (Lipinski definition) is 2. The number of anilines is 1. The maximum atomic E-state index is 12.3. The van der Waals surface area contributed by atoms with Gasteiger partial charge in [-0.15, -0.1) is 10.2 Å². The molecule has 2 aromatic carbocycles. The monoisotopic (exact) mass is 393 g/mol. The Bertz CT molecular complexity index is 1030. The van der Waals surface area contributed by atoms with Gasteiger partial charge in [-0.3, -0.25) is 14.9 Å². The smallest absolute Gasteiger partial charge is 0.257 e. The zero-order chi connectivity index (χ0) is 19.9. The number of carbonyl (C=O) groups excluding carboxylic acids is 2. The zero-order valence-electron chi connectivity index (χ0n) is 15.5. The third-order valence-electron chi connectivity index (χ3n) is 3.97. The van der Waals surface area contributed by atoms with Crippen molar-refractivity contribution < 1.29 is 9.59 Å². The van der Waals surface area contributed by atoms with E-state index in [0.717, 1.165) is 28.0 Å². The van der Waals surface area contributed by atoms with Gasteiger partial charge in [0.1, 0.15) is 5.01 Å². The van der Waals surface area contributed by atoms with Gasteiger partial charge in [-0.05, 0) is 36.6 Å². The van der Waals surface area contributed by atoms with E-state index in [1.165, 1.54) is 0 Å². The summed E-state index contributed by atoms with van der Waals surface area (Å²) in [6, 6.07) is 15.0. The van der Waals surface area contributed by atoms with Crippen LogP contribution in [0.25, 0.3) is 0 Å². The molecule has 0 fully saturated rings. The van der Waals surface area contributed by atoms with Crippen LogP contribution < -0.4 is 10.7 Å². The van der Waals surface area contributed by atoms with Crippen LogP contribution in [-0.4, -0.2) is 28.2 Å². The number of nitrogens with one attached hydrogen (secondary N) is 2. The third-order valence-corrected chi connectivity index (χ3v) is 4.81. The number of nitrogens with zero attached hydrogens (tertiary/aromatic N) is 3. The van der Waals surface area contributed by atoms with Gasteiger partial charge in [0.2, 0.25) is 11.0 Å². The minimum absolute atomic E-state index is 0.0308. The first-order valence-electron chi connectivity index (χ1n) is 8.60. The third kappa shape index (κ3) is 5.08. The van der Waals surface area contributed by atoms with Crippen LogP contribution >= 0.6 is 11.3 Å². The zero-order valence-corrected chi connectivity index (χ0v) is 16.3. The lowest BCUT2D eigenvalue weighted by Gasteiger charge is -2.03. The van der Waals surface area contributed by atoms with E-state index in [9.17, 15) is 9.59 Å². The lowest BCUT2D eigenvalue weighted by molar-refractivity contribution is -0.120. The molecular weight excluding hydrogens is 374 g/mol. The SMILES string of the molecule is Cc1ccccc1/C=N/NC(=O)Cc1nnc(NC(=O)c2ccccc2C)s1. The molecule has 8 heteroatoms. The molecule has 142 valence electrons. The van der Waals surface area contributed by atoms with Crippen molar-refractivity contribution in [3.05, 3.63) is 75.8 Å². The molecule has 0 bridgehead atoms. The van der Waals surface area contributed by atoms with E-state index >= 15 is 0 Å². The highest BCUT2D eigenvalue weighted by Gasteiger charge is 2.13. The fraction of sp³-hybridized carbons (Fsp3) is 0.150. The summed E-state index contributed by atoms with van der Waals surface area (Å²) < 4.78 is 0. The van der Waals surface area contributed by atoms with Crippen LogP contribution in [0.4, 0.5) is 5.13 Å². The van der Waals surface area contributed by atoms with Gasteiger partial charge in [-0.1, -0.05) is 53.8 Å². The Morgan fingerprint density at radius 2 is 1.75 bits per heavy atom. The summed E-state index contributed by atoms with van der Waals surface area (Å²) in [6.07, 6.45) is 1.63. The van der Waals surface area contributed by atoms with Gasteiger partial charge in [-0.25, -0.2) is 5.43 Å². The maximum absolute atomic E-state index is 12.3. The molecule has 0 saturated carbocycles. The molecule has 0 aliphatic rings. The van der Waals surface area contributed by atoms with Crippen molar-refractivity contribution in [2.24, 2.45) is 5.10 Å². The number of rotatable bonds is 6. The first kappa shape index (κ1) is 19.4. The standard InChI is InChI=1S/C20H19N5O2S/c1-13-7-3-5-9-15(13)12-21-23-17(26)11-18-24-25-20(28-18)22-19(27)16-10-6-4-8-14(16)2/h3-10,12H,11H2,1-2H3,(H,23,26)(H,22,25,27)/b21-12+. The highest BCUT2D eigenvalue weighted by molar-refractivity contribution is 7.15. The number of benzene rings is 2. The highest BCUT2D eigenvalue weighted by atomic mass is 32.1. The van der Waals surface area contributed by atoms with E-state index in [2.05, 4.69) is 26.0 Å². The molecular formula is C20H19N5O2S. The molecule has 3 aromatic rings. The van der Waals surface area contributed by atoms with Crippen LogP contribution in [0.5, 0.6) is 0 Å². The quantitative estimate of drug-likeness (QED) is 0.497. The Labute approximate surface area is 166 Å². The van der Waals surface area contributed by atoms with Crippen molar-refractivity contribution in [3.8, 4) is 0 Å². The summed E-state index contributed by atoms with van der Waals surface area (Å²) in [7, 11) is 0. The van der Waals surface area contributed by atoms with Gasteiger partial charge < -0.3 is 0 Å². The Balaban J connectivity index is 1.54. The fourth-order valence-electron chi connectivity index (χ4n) is 2.45. The van der Waals surface area contributed by atoms with E-state index in [1.807, 2.05) is 50.2 Å². The van der Waals surface area contributed by atoms with E-state index in [-0.39, 0.29) is 18.2 Å². The maximum Gasteiger partial charge on any atom is 0.257 e. The summed E-state index contributed by atoms with van der Waals surface area (Å²) in [6.45, 7) is 3.83. The highest BCUT2D eigenvalue weighted by Crippen LogP contribution is 2.17. The largest absolute Gasteiger partial charge is 0.296 e. The molecule has 0 atom stereocenters. The summed E-state index contributed by atoms with van der Waals surface area (Å²) >= 11 is 1.16. The van der Waals surface area contributed by atoms with Crippen LogP contribution in [0.15, 0.2) is 53.6 Å². The second kappa shape index (κ2) is 9.01. The predicted octanol–water partition coefficient (Wildman–Crippen LogP) is 3.10. The second-order valence-electron chi connectivity index (χ2n) is 6.10. The van der Waals surface area contributed by atoms with Gasteiger partial charge in [-0.2, -0.15) is 5.10 Å². The van der Waals surface area contributed by atoms with Crippen LogP contribution in [-0.2, 0) is 11.2 Å². The summed E-state index contributed by atoms with van der Waals surface area (Å²) in [5.41, 5.74) is 5.91. The van der Waals surface area contributed by atoms with E-state index in [0.29, 0.717) is 15.7 Å². The lowest BCUT2D eigenvalue weighted by Crippen LogP contribution is -2.19. The summed E-state index contributed by atoms with van der Waals surface area (Å²) in [5, 5.41) is 15.4. The second-order valence-corrected chi connectivity index (χ2v) is 7.16. The van der Waals surface area contributed by atoms with Gasteiger partial charge >= 0.3 is 0 Å². The Morgan fingerprint density at radius 1 is 1.04 bits per heavy atom. The first-order chi connectivity index (χ1) is 13.5. The fourth-order valence-corrected chi connectivity index (χ4v) is 3.18. The molecule has 0 radical (unpaired) electrons. The topological polar surface area (TPSA) is 96.3 Å². The molecule has 0 unspecified atom stereocenters. The molecule has 3 rings (SSSR count). The van der Waals surface area contributed by atoms with E-state index < -0.39 is 0 Å². The number of hydrogen-bond acceptors (Lipinski definition) is 6. The van der Waals surface area contributed by atoms with Gasteiger partial charge in [0.15, 0.2) is 0 Å². The van der Waals surface area contributed by atoms with Crippen molar-refractivity contribution in [2.75, 3.05) is 5.32 Å². The lowest BCUT2D eigenvalue weighted by atomic mass is 10.1. The molecule has 1 heterocycles. The van der Waals surface area contributed by atoms with E-state index in [4.69, 9.17) is 0 Å². The van der Waals surface area contributed by atoms with Crippen LogP contribution in [0.2, 0.25) is 0 Å². The van der Waals surface area contributed by atoms with E-state index in [1.54, 1.807) is 18.3 Å². The molecule has 28 heavy (non-hydrogen) atoms. The average molecular weight is 393 g/mol. The van der Waals surface area contributed by atoms with Gasteiger partial charge in [0.05, 0.1) is 12.6 Å². The van der Waals surface area contributed by atoms with Crippen molar-refractivity contribution in [1.29, 1.82) is 0 Å². The minimum atomic E-state index is -0.308. The Morgan fingerprint density at radius 3 is 2.50 bits per heavy atom. The number of carbonyl (C=O) groups is 2. The van der Waals surface area contributed by atoms with Gasteiger partial charge in [0.25, 0.3) is 5.91 Å². The average Bonchev–Trinajstić information content (AvgIpc) is 3.10. The molecule has 1 aromatic heterocycles. The van der Waals surface area contributed by atoms with Crippen LogP contribution in [0.3, 0.4) is 0 Å². The number of amides is 2. The minimum Gasteiger partial charge on any atom is -0.296 e. The van der Waals surface area contributed by atoms with Crippen molar-refractivity contribution >= 4 is 34.5 Å². The normalized spacial score (nSPS) is 10.8. The molecule has 0 saturated heterocycles. The summed E-state index contributed by atoms with van der Waals surface area (Å²) in [5.74, 6) is -0.564. The van der Waals surface area contributed by atoms with Gasteiger partial charge in [0, 0.05) is 5.56 Å². The molecule has 0 aliphatic heterocycles. The molecule has 0 aliphatic carbocycles. The number of hydrazone groups is 1. The van der Waals surface area contributed by atoms with Crippen molar-refractivity contribution in [3.63, 3.8) is 0 Å². The molecule has 0 spiro atoms. The Hall–Kier alpha value is -3.39. The van der Waals surface area contributed by atoms with Crippen LogP contribution in [0.1, 0.15) is 32.1 Å². The summed E-state index contributed by atoms with van der Waals surface area (Å²) in [4.78, 5) is 24.3. The molecule has 2 N–H and O–H groups in total. The molecule has 7 nitrogen and oxygen atoms in total. The van der Waals surface area contributed by atoms with Crippen LogP contribution in [0, 0.1) is 13.8 Å².